The first kappa shape index (κ1) is 31.0. The van der Waals surface area contributed by atoms with Crippen LogP contribution in [0.25, 0.3) is 56.1 Å². The number of aromatic nitrogens is 3. The van der Waals surface area contributed by atoms with Crippen LogP contribution in [0.2, 0.25) is 0 Å². The van der Waals surface area contributed by atoms with Crippen molar-refractivity contribution in [2.45, 2.75) is 0 Å². The predicted molar refractivity (Wildman–Crippen MR) is 205 cm³/mol. The van der Waals surface area contributed by atoms with Gasteiger partial charge in [0.1, 0.15) is 0 Å². The molecular weight excluding hydrogens is 597 g/mol. The summed E-state index contributed by atoms with van der Waals surface area (Å²) in [4.78, 5) is 17.2. The fourth-order valence-electron chi connectivity index (χ4n) is 6.08. The van der Waals surface area contributed by atoms with Crippen LogP contribution < -0.4 is 4.90 Å². The van der Waals surface area contributed by atoms with Gasteiger partial charge in [-0.25, -0.2) is 15.0 Å². The van der Waals surface area contributed by atoms with Gasteiger partial charge in [-0.15, -0.1) is 13.2 Å². The van der Waals surface area contributed by atoms with Crippen LogP contribution in [0.4, 0.5) is 17.1 Å². The molecular formula is C45H34N4. The van der Waals surface area contributed by atoms with Crippen molar-refractivity contribution >= 4 is 27.8 Å². The smallest absolute Gasteiger partial charge is 0.164 e. The van der Waals surface area contributed by atoms with Crippen LogP contribution in [-0.4, -0.2) is 15.0 Å². The second kappa shape index (κ2) is 14.4. The highest BCUT2D eigenvalue weighted by Crippen LogP contribution is 2.38. The lowest BCUT2D eigenvalue weighted by Gasteiger charge is -2.25. The number of hydrogen-bond donors (Lipinski definition) is 0. The number of benzene rings is 7. The minimum atomic E-state index is 0.650. The molecule has 49 heavy (non-hydrogen) atoms. The summed E-state index contributed by atoms with van der Waals surface area (Å²) in [6.07, 6.45) is 0. The Hall–Kier alpha value is -6.65. The van der Waals surface area contributed by atoms with Gasteiger partial charge in [-0.2, -0.15) is 0 Å². The zero-order valence-corrected chi connectivity index (χ0v) is 27.0. The highest BCUT2D eigenvalue weighted by Gasteiger charge is 2.16. The van der Waals surface area contributed by atoms with E-state index in [0.717, 1.165) is 55.7 Å². The molecule has 4 heteroatoms. The van der Waals surface area contributed by atoms with E-state index in [1.807, 2.05) is 72.8 Å². The molecule has 0 aliphatic heterocycles. The Morgan fingerprint density at radius 1 is 0.306 bits per heavy atom. The normalized spacial score (nSPS) is 10.6. The topological polar surface area (TPSA) is 41.9 Å². The molecule has 1 heterocycles. The zero-order chi connectivity index (χ0) is 33.4. The Labute approximate surface area is 287 Å². The number of anilines is 3. The van der Waals surface area contributed by atoms with E-state index in [2.05, 4.69) is 127 Å². The number of rotatable bonds is 7. The quantitative estimate of drug-likeness (QED) is 0.164. The third-order valence-electron chi connectivity index (χ3n) is 8.33. The van der Waals surface area contributed by atoms with E-state index < -0.39 is 0 Å². The number of para-hydroxylation sites is 2. The zero-order valence-electron chi connectivity index (χ0n) is 27.0. The van der Waals surface area contributed by atoms with Crippen molar-refractivity contribution in [3.05, 3.63) is 195 Å². The Bertz CT molecular complexity index is 2190. The van der Waals surface area contributed by atoms with E-state index in [9.17, 15) is 0 Å². The van der Waals surface area contributed by atoms with Crippen LogP contribution in [0, 0.1) is 0 Å². The number of fused-ring (bicyclic) bond motifs is 1. The van der Waals surface area contributed by atoms with Crippen LogP contribution in [0.1, 0.15) is 0 Å². The molecule has 0 aliphatic carbocycles. The molecule has 0 aliphatic rings. The van der Waals surface area contributed by atoms with Gasteiger partial charge >= 0.3 is 0 Å². The molecule has 0 atom stereocenters. The molecule has 4 nitrogen and oxygen atoms in total. The number of nitrogens with zero attached hydrogens (tertiary/aromatic N) is 4. The Morgan fingerprint density at radius 2 is 0.694 bits per heavy atom. The van der Waals surface area contributed by atoms with Gasteiger partial charge in [-0.05, 0) is 58.3 Å². The SMILES string of the molecule is C=C.c1ccc(-c2nc(-c3ccccc3)nc(-c3cccc4c(-c5ccc(N(c6ccccc6)c6ccccc6)cc5)cccc34)n2)cc1. The molecule has 0 unspecified atom stereocenters. The lowest BCUT2D eigenvalue weighted by atomic mass is 9.95. The molecule has 234 valence electrons. The molecule has 0 fully saturated rings. The summed E-state index contributed by atoms with van der Waals surface area (Å²) in [5.74, 6) is 1.95. The number of hydrogen-bond acceptors (Lipinski definition) is 4. The Balaban J connectivity index is 0.00000186. The molecule has 8 rings (SSSR count). The minimum absolute atomic E-state index is 0.650. The predicted octanol–water partition coefficient (Wildman–Crippen LogP) is 12.0. The average molecular weight is 631 g/mol. The third kappa shape index (κ3) is 6.49. The molecule has 0 amide bonds. The monoisotopic (exact) mass is 630 g/mol. The maximum absolute atomic E-state index is 5.01. The summed E-state index contributed by atoms with van der Waals surface area (Å²) in [6.45, 7) is 6.00. The van der Waals surface area contributed by atoms with Gasteiger partial charge in [-0.1, -0.05) is 146 Å². The minimum Gasteiger partial charge on any atom is -0.311 e. The highest BCUT2D eigenvalue weighted by atomic mass is 15.1. The second-order valence-electron chi connectivity index (χ2n) is 11.3. The third-order valence-corrected chi connectivity index (χ3v) is 8.33. The maximum atomic E-state index is 5.01. The van der Waals surface area contributed by atoms with E-state index in [0.29, 0.717) is 17.5 Å². The van der Waals surface area contributed by atoms with Crippen molar-refractivity contribution in [2.24, 2.45) is 0 Å². The first-order valence-electron chi connectivity index (χ1n) is 16.2. The Kier molecular flexibility index (Phi) is 9.11. The second-order valence-corrected chi connectivity index (χ2v) is 11.3. The van der Waals surface area contributed by atoms with Gasteiger partial charge in [-0.3, -0.25) is 0 Å². The molecule has 8 aromatic rings. The summed E-state index contributed by atoms with van der Waals surface area (Å²) < 4.78 is 0. The van der Waals surface area contributed by atoms with Crippen LogP contribution in [0.15, 0.2) is 195 Å². The first-order valence-corrected chi connectivity index (χ1v) is 16.2. The summed E-state index contributed by atoms with van der Waals surface area (Å²) in [5.41, 5.74) is 8.50. The van der Waals surface area contributed by atoms with Crippen LogP contribution in [0.3, 0.4) is 0 Å². The summed E-state index contributed by atoms with van der Waals surface area (Å²) >= 11 is 0. The summed E-state index contributed by atoms with van der Waals surface area (Å²) in [5, 5.41) is 2.23. The van der Waals surface area contributed by atoms with Gasteiger partial charge < -0.3 is 4.90 Å². The molecule has 1 aromatic heterocycles. The van der Waals surface area contributed by atoms with Crippen molar-refractivity contribution in [1.29, 1.82) is 0 Å². The molecule has 0 spiro atoms. The van der Waals surface area contributed by atoms with Crippen LogP contribution in [-0.2, 0) is 0 Å². The van der Waals surface area contributed by atoms with Crippen molar-refractivity contribution in [3.63, 3.8) is 0 Å². The lowest BCUT2D eigenvalue weighted by Crippen LogP contribution is -2.09. The van der Waals surface area contributed by atoms with Crippen LogP contribution in [0.5, 0.6) is 0 Å². The van der Waals surface area contributed by atoms with Gasteiger partial charge in [0.15, 0.2) is 17.5 Å². The molecule has 0 radical (unpaired) electrons. The molecule has 0 saturated heterocycles. The van der Waals surface area contributed by atoms with Crippen molar-refractivity contribution < 1.29 is 0 Å². The highest BCUT2D eigenvalue weighted by molar-refractivity contribution is 6.04. The summed E-state index contributed by atoms with van der Waals surface area (Å²) in [7, 11) is 0. The van der Waals surface area contributed by atoms with Crippen molar-refractivity contribution in [3.8, 4) is 45.3 Å². The molecule has 0 N–H and O–H groups in total. The fourth-order valence-corrected chi connectivity index (χ4v) is 6.08. The van der Waals surface area contributed by atoms with E-state index in [1.165, 1.54) is 0 Å². The molecule has 0 bridgehead atoms. The van der Waals surface area contributed by atoms with Gasteiger partial charge in [0.25, 0.3) is 0 Å². The fraction of sp³-hybridized carbons (Fsp3) is 0. The van der Waals surface area contributed by atoms with Crippen LogP contribution >= 0.6 is 0 Å². The van der Waals surface area contributed by atoms with Crippen molar-refractivity contribution in [2.75, 3.05) is 4.90 Å². The molecule has 0 saturated carbocycles. The van der Waals surface area contributed by atoms with Gasteiger partial charge in [0.2, 0.25) is 0 Å². The van der Waals surface area contributed by atoms with E-state index in [1.54, 1.807) is 0 Å². The van der Waals surface area contributed by atoms with E-state index in [-0.39, 0.29) is 0 Å². The first-order chi connectivity index (χ1) is 24.3. The van der Waals surface area contributed by atoms with Gasteiger partial charge in [0.05, 0.1) is 0 Å². The maximum Gasteiger partial charge on any atom is 0.164 e. The van der Waals surface area contributed by atoms with E-state index in [4.69, 9.17) is 15.0 Å². The van der Waals surface area contributed by atoms with Gasteiger partial charge in [0, 0.05) is 33.8 Å². The molecule has 7 aromatic carbocycles. The standard InChI is InChI=1S/C43H30N4.C2H4/c1-5-15-32(16-6-1)41-44-42(33-17-7-2-8-18-33)46-43(45-41)40-26-14-24-38-37(23-13-25-39(38)40)31-27-29-36(30-28-31)47(34-19-9-3-10-20-34)35-21-11-4-12-22-35;1-2/h1-30H;1-2H2. The average Bonchev–Trinajstić information content (AvgIpc) is 3.20. The lowest BCUT2D eigenvalue weighted by molar-refractivity contribution is 1.08. The summed E-state index contributed by atoms with van der Waals surface area (Å²) in [6, 6.07) is 62.8. The van der Waals surface area contributed by atoms with Crippen molar-refractivity contribution in [1.82, 2.24) is 15.0 Å². The van der Waals surface area contributed by atoms with E-state index >= 15 is 0 Å². The largest absolute Gasteiger partial charge is 0.311 e. The Morgan fingerprint density at radius 3 is 1.18 bits per heavy atom.